The van der Waals surface area contributed by atoms with Crippen molar-refractivity contribution in [1.29, 1.82) is 0 Å². The molecule has 0 bridgehead atoms. The van der Waals surface area contributed by atoms with Crippen LogP contribution in [0.2, 0.25) is 0 Å². The Labute approximate surface area is 122 Å². The summed E-state index contributed by atoms with van der Waals surface area (Å²) in [6.07, 6.45) is 0. The van der Waals surface area contributed by atoms with Gasteiger partial charge in [-0.1, -0.05) is 74.9 Å². The normalized spacial score (nSPS) is 12.4. The lowest BCUT2D eigenvalue weighted by atomic mass is 10.1. The molecule has 2 aromatic carbocycles. The third kappa shape index (κ3) is 3.19. The van der Waals surface area contributed by atoms with Crippen LogP contribution in [0.25, 0.3) is 10.8 Å². The standard InChI is InChI=1S/C13H10BrIO2/c14-13(15)11(16)8-17-12-7-3-5-9-4-1-2-6-10(9)12/h1-7,13H,8H2. The van der Waals surface area contributed by atoms with Crippen LogP contribution in [-0.2, 0) is 4.79 Å². The van der Waals surface area contributed by atoms with E-state index in [1.807, 2.05) is 65.1 Å². The van der Waals surface area contributed by atoms with Crippen molar-refractivity contribution < 1.29 is 9.53 Å². The van der Waals surface area contributed by atoms with Gasteiger partial charge in [0.25, 0.3) is 0 Å². The Morgan fingerprint density at radius 2 is 1.94 bits per heavy atom. The summed E-state index contributed by atoms with van der Waals surface area (Å²) in [5.74, 6) is 0.777. The molecule has 0 N–H and O–H groups in total. The minimum Gasteiger partial charge on any atom is -0.485 e. The fourth-order valence-electron chi connectivity index (χ4n) is 1.53. The summed E-state index contributed by atoms with van der Waals surface area (Å²) in [4.78, 5) is 11.5. The maximum Gasteiger partial charge on any atom is 0.193 e. The minimum absolute atomic E-state index is 0.0264. The first-order chi connectivity index (χ1) is 8.18. The summed E-state index contributed by atoms with van der Waals surface area (Å²) in [6.45, 7) is 0.0901. The van der Waals surface area contributed by atoms with Gasteiger partial charge in [0.1, 0.15) is 15.2 Å². The first kappa shape index (κ1) is 12.8. The summed E-state index contributed by atoms with van der Waals surface area (Å²) >= 11 is 5.24. The number of ketones is 1. The lowest BCUT2D eigenvalue weighted by Crippen LogP contribution is -2.16. The number of fused-ring (bicyclic) bond motifs is 1. The Bertz CT molecular complexity index is 534. The van der Waals surface area contributed by atoms with Crippen molar-refractivity contribution in [2.45, 2.75) is 2.83 Å². The number of hydrogen-bond donors (Lipinski definition) is 0. The molecule has 0 spiro atoms. The number of hydrogen-bond acceptors (Lipinski definition) is 2. The molecular weight excluding hydrogens is 395 g/mol. The van der Waals surface area contributed by atoms with Gasteiger partial charge in [-0.2, -0.15) is 0 Å². The molecule has 0 aliphatic heterocycles. The predicted octanol–water partition coefficient (Wildman–Crippen LogP) is 3.94. The van der Waals surface area contributed by atoms with Gasteiger partial charge in [0.15, 0.2) is 5.78 Å². The van der Waals surface area contributed by atoms with Gasteiger partial charge in [-0.25, -0.2) is 0 Å². The minimum atomic E-state index is -0.199. The van der Waals surface area contributed by atoms with Gasteiger partial charge in [-0.3, -0.25) is 4.79 Å². The molecule has 0 saturated heterocycles. The van der Waals surface area contributed by atoms with Crippen molar-refractivity contribution >= 4 is 55.1 Å². The molecule has 2 rings (SSSR count). The maximum absolute atomic E-state index is 11.5. The fraction of sp³-hybridized carbons (Fsp3) is 0.154. The topological polar surface area (TPSA) is 26.3 Å². The van der Waals surface area contributed by atoms with E-state index >= 15 is 0 Å². The molecule has 0 saturated carbocycles. The third-order valence-corrected chi connectivity index (χ3v) is 3.57. The predicted molar refractivity (Wildman–Crippen MR) is 81.2 cm³/mol. The number of alkyl halides is 2. The summed E-state index contributed by atoms with van der Waals surface area (Å²) < 4.78 is 5.36. The molecule has 0 aliphatic rings. The van der Waals surface area contributed by atoms with E-state index in [9.17, 15) is 4.79 Å². The highest BCUT2D eigenvalue weighted by Crippen LogP contribution is 2.25. The zero-order chi connectivity index (χ0) is 12.3. The Balaban J connectivity index is 2.21. The molecule has 0 aromatic heterocycles. The average molecular weight is 405 g/mol. The Morgan fingerprint density at radius 1 is 1.24 bits per heavy atom. The molecule has 0 amide bonds. The molecule has 17 heavy (non-hydrogen) atoms. The van der Waals surface area contributed by atoms with E-state index < -0.39 is 0 Å². The first-order valence-corrected chi connectivity index (χ1v) is 7.26. The van der Waals surface area contributed by atoms with Crippen LogP contribution in [-0.4, -0.2) is 15.2 Å². The molecule has 1 unspecified atom stereocenters. The van der Waals surface area contributed by atoms with Crippen LogP contribution in [0, 0.1) is 0 Å². The molecule has 1 atom stereocenters. The van der Waals surface area contributed by atoms with Crippen molar-refractivity contribution in [3.63, 3.8) is 0 Å². The summed E-state index contributed by atoms with van der Waals surface area (Å²) in [5, 5.41) is 2.14. The Hall–Kier alpha value is -0.620. The summed E-state index contributed by atoms with van der Waals surface area (Å²) in [7, 11) is 0. The van der Waals surface area contributed by atoms with Crippen LogP contribution < -0.4 is 4.74 Å². The van der Waals surface area contributed by atoms with Crippen molar-refractivity contribution in [3.05, 3.63) is 42.5 Å². The van der Waals surface area contributed by atoms with E-state index in [1.165, 1.54) is 0 Å². The van der Waals surface area contributed by atoms with Gasteiger partial charge >= 0.3 is 0 Å². The first-order valence-electron chi connectivity index (χ1n) is 5.10. The van der Waals surface area contributed by atoms with Crippen molar-refractivity contribution in [2.24, 2.45) is 0 Å². The molecule has 0 radical (unpaired) electrons. The average Bonchev–Trinajstić information content (AvgIpc) is 2.35. The number of rotatable bonds is 4. The van der Waals surface area contributed by atoms with Gasteiger partial charge in [0, 0.05) is 5.39 Å². The van der Waals surface area contributed by atoms with E-state index in [0.717, 1.165) is 16.5 Å². The molecule has 2 nitrogen and oxygen atoms in total. The van der Waals surface area contributed by atoms with Gasteiger partial charge in [0.05, 0.1) is 0 Å². The highest BCUT2D eigenvalue weighted by atomic mass is 127. The van der Waals surface area contributed by atoms with Gasteiger partial charge in [-0.15, -0.1) is 0 Å². The van der Waals surface area contributed by atoms with Crippen LogP contribution in [0.15, 0.2) is 42.5 Å². The van der Waals surface area contributed by atoms with E-state index in [2.05, 4.69) is 15.9 Å². The van der Waals surface area contributed by atoms with Gasteiger partial charge < -0.3 is 4.74 Å². The lowest BCUT2D eigenvalue weighted by Gasteiger charge is -2.08. The second kappa shape index (κ2) is 5.82. The van der Waals surface area contributed by atoms with Gasteiger partial charge in [0.2, 0.25) is 0 Å². The van der Waals surface area contributed by atoms with Crippen LogP contribution in [0.3, 0.4) is 0 Å². The number of carbonyl (C=O) groups is 1. The molecule has 0 fully saturated rings. The largest absolute Gasteiger partial charge is 0.485 e. The number of benzene rings is 2. The van der Waals surface area contributed by atoms with E-state index in [1.54, 1.807) is 0 Å². The van der Waals surface area contributed by atoms with Crippen LogP contribution in [0.4, 0.5) is 0 Å². The Kier molecular flexibility index (Phi) is 4.39. The molecular formula is C13H10BrIO2. The zero-order valence-electron chi connectivity index (χ0n) is 8.90. The summed E-state index contributed by atoms with van der Waals surface area (Å²) in [5.41, 5.74) is 0. The lowest BCUT2D eigenvalue weighted by molar-refractivity contribution is -0.118. The Morgan fingerprint density at radius 3 is 2.71 bits per heavy atom. The molecule has 0 heterocycles. The number of halogens is 2. The summed E-state index contributed by atoms with van der Waals surface area (Å²) in [6, 6.07) is 13.8. The maximum atomic E-state index is 11.5. The molecule has 4 heteroatoms. The quantitative estimate of drug-likeness (QED) is 0.569. The van der Waals surface area contributed by atoms with Crippen LogP contribution >= 0.6 is 38.5 Å². The van der Waals surface area contributed by atoms with Crippen molar-refractivity contribution in [1.82, 2.24) is 0 Å². The van der Waals surface area contributed by atoms with Crippen molar-refractivity contribution in [2.75, 3.05) is 6.61 Å². The van der Waals surface area contributed by atoms with E-state index in [4.69, 9.17) is 4.74 Å². The van der Waals surface area contributed by atoms with Gasteiger partial charge in [-0.05, 0) is 11.5 Å². The molecule has 0 aliphatic carbocycles. The number of carbonyl (C=O) groups excluding carboxylic acids is 1. The van der Waals surface area contributed by atoms with E-state index in [-0.39, 0.29) is 15.2 Å². The SMILES string of the molecule is O=C(COc1cccc2ccccc12)C(Br)I. The van der Waals surface area contributed by atoms with Crippen LogP contribution in [0.5, 0.6) is 5.75 Å². The smallest absolute Gasteiger partial charge is 0.193 e. The zero-order valence-corrected chi connectivity index (χ0v) is 12.6. The highest BCUT2D eigenvalue weighted by Gasteiger charge is 2.11. The molecule has 2 aromatic rings. The second-order valence-electron chi connectivity index (χ2n) is 3.53. The van der Waals surface area contributed by atoms with Crippen molar-refractivity contribution in [3.8, 4) is 5.75 Å². The fourth-order valence-corrected chi connectivity index (χ4v) is 1.85. The monoisotopic (exact) mass is 404 g/mol. The van der Waals surface area contributed by atoms with E-state index in [0.29, 0.717) is 0 Å². The number of ether oxygens (including phenoxy) is 1. The number of Topliss-reactive ketones (excluding diaryl/α,β-unsaturated/α-hetero) is 1. The molecule has 88 valence electrons. The third-order valence-electron chi connectivity index (χ3n) is 2.36. The highest BCUT2D eigenvalue weighted by molar-refractivity contribution is 14.1. The van der Waals surface area contributed by atoms with Crippen LogP contribution in [0.1, 0.15) is 0 Å². The second-order valence-corrected chi connectivity index (χ2v) is 7.41.